The maximum Gasteiger partial charge on any atom is 0.328 e. The molecule has 2 heterocycles. The van der Waals surface area contributed by atoms with Crippen LogP contribution in [0.15, 0.2) is 11.6 Å². The van der Waals surface area contributed by atoms with Gasteiger partial charge in [-0.05, 0) is 13.3 Å². The number of esters is 1. The lowest BCUT2D eigenvalue weighted by Gasteiger charge is -2.27. The predicted octanol–water partition coefficient (Wildman–Crippen LogP) is 1.37. The van der Waals surface area contributed by atoms with Crippen LogP contribution in [-0.4, -0.2) is 34.9 Å². The monoisotopic (exact) mass is 254 g/mol. The molecule has 1 amide bonds. The Labute approximate surface area is 103 Å². The van der Waals surface area contributed by atoms with Gasteiger partial charge in [0.15, 0.2) is 0 Å². The van der Waals surface area contributed by atoms with Gasteiger partial charge in [0, 0.05) is 18.0 Å². The third-order valence-corrected chi connectivity index (χ3v) is 3.90. The van der Waals surface area contributed by atoms with Gasteiger partial charge in [0.1, 0.15) is 11.0 Å². The maximum atomic E-state index is 11.8. The van der Waals surface area contributed by atoms with E-state index in [0.717, 1.165) is 5.01 Å². The summed E-state index contributed by atoms with van der Waals surface area (Å²) in [6.07, 6.45) is 2.63. The lowest BCUT2D eigenvalue weighted by atomic mass is 10.2. The summed E-state index contributed by atoms with van der Waals surface area (Å²) >= 11 is 1.48. The third-order valence-electron chi connectivity index (χ3n) is 2.95. The number of amides is 1. The number of aromatic nitrogens is 1. The zero-order valence-electron chi connectivity index (χ0n) is 9.75. The molecule has 0 aromatic carbocycles. The van der Waals surface area contributed by atoms with Gasteiger partial charge in [-0.25, -0.2) is 9.78 Å². The number of ether oxygens (including phenoxy) is 1. The summed E-state index contributed by atoms with van der Waals surface area (Å²) in [7, 11) is 1.34. The SMILES string of the molecule is COC(=O)C1CCC(=O)N1C(C)c1nccs1. The Hall–Kier alpha value is -1.43. The number of thiazole rings is 1. The van der Waals surface area contributed by atoms with Crippen molar-refractivity contribution in [3.8, 4) is 0 Å². The molecular weight excluding hydrogens is 240 g/mol. The number of hydrogen-bond acceptors (Lipinski definition) is 5. The van der Waals surface area contributed by atoms with Crippen LogP contribution in [0.5, 0.6) is 0 Å². The van der Waals surface area contributed by atoms with Crippen LogP contribution in [0, 0.1) is 0 Å². The Kier molecular flexibility index (Phi) is 3.42. The van der Waals surface area contributed by atoms with Gasteiger partial charge in [-0.15, -0.1) is 11.3 Å². The van der Waals surface area contributed by atoms with Crippen LogP contribution in [0.3, 0.4) is 0 Å². The number of carbonyl (C=O) groups is 2. The Morgan fingerprint density at radius 3 is 3.06 bits per heavy atom. The first kappa shape index (κ1) is 12.0. The fourth-order valence-electron chi connectivity index (χ4n) is 2.12. The minimum atomic E-state index is -0.466. The summed E-state index contributed by atoms with van der Waals surface area (Å²) < 4.78 is 4.73. The second-order valence-corrected chi connectivity index (χ2v) is 4.85. The fraction of sp³-hybridized carbons (Fsp3) is 0.545. The molecule has 2 rings (SSSR count). The zero-order chi connectivity index (χ0) is 12.4. The molecule has 0 radical (unpaired) electrons. The van der Waals surface area contributed by atoms with E-state index in [2.05, 4.69) is 4.98 Å². The van der Waals surface area contributed by atoms with Gasteiger partial charge in [0.05, 0.1) is 13.2 Å². The molecular formula is C11H14N2O3S. The molecule has 1 aromatic rings. The van der Waals surface area contributed by atoms with Crippen LogP contribution in [0.4, 0.5) is 0 Å². The van der Waals surface area contributed by atoms with E-state index < -0.39 is 6.04 Å². The Balaban J connectivity index is 2.22. The molecule has 0 aliphatic carbocycles. The van der Waals surface area contributed by atoms with Crippen LogP contribution < -0.4 is 0 Å². The van der Waals surface area contributed by atoms with Crippen LogP contribution >= 0.6 is 11.3 Å². The van der Waals surface area contributed by atoms with E-state index in [1.165, 1.54) is 18.4 Å². The Morgan fingerprint density at radius 2 is 2.47 bits per heavy atom. The highest BCUT2D eigenvalue weighted by molar-refractivity contribution is 7.09. The van der Waals surface area contributed by atoms with Gasteiger partial charge in [-0.1, -0.05) is 0 Å². The summed E-state index contributed by atoms with van der Waals surface area (Å²) in [5.74, 6) is -0.359. The first-order valence-corrected chi connectivity index (χ1v) is 6.31. The second kappa shape index (κ2) is 4.83. The molecule has 2 atom stereocenters. The normalized spacial score (nSPS) is 21.6. The number of carbonyl (C=O) groups excluding carboxylic acids is 2. The number of hydrogen-bond donors (Lipinski definition) is 0. The molecule has 6 heteroatoms. The molecule has 0 spiro atoms. The average molecular weight is 254 g/mol. The van der Waals surface area contributed by atoms with Crippen LogP contribution in [0.1, 0.15) is 30.8 Å². The van der Waals surface area contributed by atoms with Gasteiger partial charge in [-0.3, -0.25) is 4.79 Å². The molecule has 1 aliphatic heterocycles. The summed E-state index contributed by atoms with van der Waals surface area (Å²) in [6, 6.07) is -0.638. The quantitative estimate of drug-likeness (QED) is 0.764. The number of nitrogens with zero attached hydrogens (tertiary/aromatic N) is 2. The number of rotatable bonds is 3. The average Bonchev–Trinajstić information content (AvgIpc) is 2.96. The van der Waals surface area contributed by atoms with Crippen molar-refractivity contribution in [1.82, 2.24) is 9.88 Å². The van der Waals surface area contributed by atoms with Crippen LogP contribution in [-0.2, 0) is 14.3 Å². The highest BCUT2D eigenvalue weighted by Crippen LogP contribution is 2.31. The standard InChI is InChI=1S/C11H14N2O3S/c1-7(10-12-5-6-17-10)13-8(11(15)16-2)3-4-9(13)14/h5-8H,3-4H2,1-2H3. The van der Waals surface area contributed by atoms with Crippen molar-refractivity contribution in [2.24, 2.45) is 0 Å². The molecule has 0 bridgehead atoms. The number of likely N-dealkylation sites (tertiary alicyclic amines) is 1. The second-order valence-electron chi connectivity index (χ2n) is 3.92. The maximum absolute atomic E-state index is 11.8. The van der Waals surface area contributed by atoms with Crippen LogP contribution in [0.2, 0.25) is 0 Å². The summed E-state index contributed by atoms with van der Waals surface area (Å²) in [5, 5.41) is 2.70. The van der Waals surface area contributed by atoms with Gasteiger partial charge in [0.2, 0.25) is 5.91 Å². The molecule has 2 unspecified atom stereocenters. The van der Waals surface area contributed by atoms with Crippen molar-refractivity contribution in [3.05, 3.63) is 16.6 Å². The van der Waals surface area contributed by atoms with Crippen molar-refractivity contribution < 1.29 is 14.3 Å². The van der Waals surface area contributed by atoms with E-state index in [1.54, 1.807) is 11.1 Å². The van der Waals surface area contributed by atoms with Crippen molar-refractivity contribution in [2.75, 3.05) is 7.11 Å². The molecule has 1 aromatic heterocycles. The van der Waals surface area contributed by atoms with Crippen LogP contribution in [0.25, 0.3) is 0 Å². The van der Waals surface area contributed by atoms with E-state index in [4.69, 9.17) is 4.74 Å². The lowest BCUT2D eigenvalue weighted by Crippen LogP contribution is -2.40. The highest BCUT2D eigenvalue weighted by atomic mass is 32.1. The number of methoxy groups -OCH3 is 1. The van der Waals surface area contributed by atoms with E-state index >= 15 is 0 Å². The highest BCUT2D eigenvalue weighted by Gasteiger charge is 2.40. The molecule has 0 saturated carbocycles. The predicted molar refractivity (Wildman–Crippen MR) is 62.4 cm³/mol. The molecule has 17 heavy (non-hydrogen) atoms. The van der Waals surface area contributed by atoms with Gasteiger partial charge in [0.25, 0.3) is 0 Å². The van der Waals surface area contributed by atoms with Gasteiger partial charge >= 0.3 is 5.97 Å². The molecule has 0 N–H and O–H groups in total. The summed E-state index contributed by atoms with van der Waals surface area (Å²) in [6.45, 7) is 1.89. The first-order chi connectivity index (χ1) is 8.15. The van der Waals surface area contributed by atoms with E-state index in [0.29, 0.717) is 12.8 Å². The van der Waals surface area contributed by atoms with Crippen molar-refractivity contribution in [2.45, 2.75) is 31.8 Å². The minimum absolute atomic E-state index is 0.0110. The Morgan fingerprint density at radius 1 is 1.71 bits per heavy atom. The summed E-state index contributed by atoms with van der Waals surface area (Å²) in [4.78, 5) is 29.2. The van der Waals surface area contributed by atoms with E-state index in [9.17, 15) is 9.59 Å². The zero-order valence-corrected chi connectivity index (χ0v) is 10.6. The largest absolute Gasteiger partial charge is 0.467 e. The molecule has 1 fully saturated rings. The van der Waals surface area contributed by atoms with Gasteiger partial charge in [-0.2, -0.15) is 0 Å². The minimum Gasteiger partial charge on any atom is -0.467 e. The van der Waals surface area contributed by atoms with Crippen molar-refractivity contribution >= 4 is 23.2 Å². The summed E-state index contributed by atoms with van der Waals surface area (Å²) in [5.41, 5.74) is 0. The van der Waals surface area contributed by atoms with Crippen molar-refractivity contribution in [3.63, 3.8) is 0 Å². The first-order valence-electron chi connectivity index (χ1n) is 5.43. The molecule has 92 valence electrons. The van der Waals surface area contributed by atoms with Gasteiger partial charge < -0.3 is 9.64 Å². The fourth-order valence-corrected chi connectivity index (χ4v) is 2.81. The molecule has 1 saturated heterocycles. The van der Waals surface area contributed by atoms with E-state index in [1.807, 2.05) is 12.3 Å². The smallest absolute Gasteiger partial charge is 0.328 e. The molecule has 1 aliphatic rings. The lowest BCUT2D eigenvalue weighted by molar-refractivity contribution is -0.150. The Bertz CT molecular complexity index is 418. The molecule has 5 nitrogen and oxygen atoms in total. The topological polar surface area (TPSA) is 59.5 Å². The van der Waals surface area contributed by atoms with Crippen molar-refractivity contribution in [1.29, 1.82) is 0 Å². The van der Waals surface area contributed by atoms with E-state index in [-0.39, 0.29) is 17.9 Å². The third kappa shape index (κ3) is 2.17.